The number of nitrogens with two attached hydrogens (primary N) is 1. The molecule has 1 heterocycles. The minimum Gasteiger partial charge on any atom is -0.338 e. The van der Waals surface area contributed by atoms with Crippen LogP contribution in [0.25, 0.3) is 0 Å². The van der Waals surface area contributed by atoms with Crippen molar-refractivity contribution < 1.29 is 4.52 Å². The molecule has 0 bridgehead atoms. The van der Waals surface area contributed by atoms with Crippen molar-refractivity contribution in [3.8, 4) is 0 Å². The van der Waals surface area contributed by atoms with Gasteiger partial charge in [0.2, 0.25) is 5.89 Å². The second kappa shape index (κ2) is 5.37. The van der Waals surface area contributed by atoms with Crippen molar-refractivity contribution in [2.45, 2.75) is 47.1 Å². The second-order valence-corrected chi connectivity index (χ2v) is 6.57. The Balaban J connectivity index is 2.17. The number of benzene rings is 1. The third-order valence-electron chi connectivity index (χ3n) is 3.33. The zero-order valence-electron chi connectivity index (χ0n) is 12.9. The van der Waals surface area contributed by atoms with Crippen LogP contribution in [-0.2, 0) is 6.42 Å². The van der Waals surface area contributed by atoms with Crippen molar-refractivity contribution in [2.24, 2.45) is 11.1 Å². The molecular formula is C16H23N3O. The molecule has 1 aromatic carbocycles. The van der Waals surface area contributed by atoms with Gasteiger partial charge in [-0.3, -0.25) is 0 Å². The van der Waals surface area contributed by atoms with E-state index in [1.165, 1.54) is 16.7 Å². The van der Waals surface area contributed by atoms with Gasteiger partial charge in [-0.1, -0.05) is 55.3 Å². The first-order valence-electron chi connectivity index (χ1n) is 6.91. The van der Waals surface area contributed by atoms with E-state index in [9.17, 15) is 0 Å². The smallest absolute Gasteiger partial charge is 0.244 e. The lowest BCUT2D eigenvalue weighted by atomic mass is 9.87. The number of nitrogens with zero attached hydrogens (tertiary/aromatic N) is 2. The van der Waals surface area contributed by atoms with Crippen molar-refractivity contribution in [2.75, 3.05) is 0 Å². The van der Waals surface area contributed by atoms with Crippen LogP contribution in [0.3, 0.4) is 0 Å². The van der Waals surface area contributed by atoms with Gasteiger partial charge in [0, 0.05) is 6.42 Å². The maximum absolute atomic E-state index is 6.13. The lowest BCUT2D eigenvalue weighted by Crippen LogP contribution is -2.26. The molecule has 1 unspecified atom stereocenters. The predicted octanol–water partition coefficient (Wildman–Crippen LogP) is 3.32. The summed E-state index contributed by atoms with van der Waals surface area (Å²) in [5.41, 5.74) is 9.72. The molecule has 0 spiro atoms. The maximum Gasteiger partial charge on any atom is 0.244 e. The molecule has 0 amide bonds. The van der Waals surface area contributed by atoms with Gasteiger partial charge in [0.05, 0.1) is 6.04 Å². The summed E-state index contributed by atoms with van der Waals surface area (Å²) in [4.78, 5) is 4.43. The molecule has 20 heavy (non-hydrogen) atoms. The van der Waals surface area contributed by atoms with E-state index in [1.807, 2.05) is 0 Å². The first-order chi connectivity index (χ1) is 9.25. The Bertz CT molecular complexity index is 576. The Morgan fingerprint density at radius 2 is 1.75 bits per heavy atom. The van der Waals surface area contributed by atoms with E-state index >= 15 is 0 Å². The zero-order chi connectivity index (χ0) is 14.9. The summed E-state index contributed by atoms with van der Waals surface area (Å²) < 4.78 is 5.30. The minimum absolute atomic E-state index is 0.0935. The van der Waals surface area contributed by atoms with Gasteiger partial charge < -0.3 is 10.3 Å². The molecule has 0 radical (unpaired) electrons. The summed E-state index contributed by atoms with van der Waals surface area (Å²) in [6.07, 6.45) is 0.670. The number of hydrogen-bond acceptors (Lipinski definition) is 4. The van der Waals surface area contributed by atoms with Gasteiger partial charge in [-0.25, -0.2) is 0 Å². The normalized spacial score (nSPS) is 13.5. The standard InChI is InChI=1S/C16H23N3O/c1-10-6-11(2)8-12(7-10)9-13-18-15(20-19-13)14(17)16(3,4)5/h6-8,14H,9,17H2,1-5H3. The van der Waals surface area contributed by atoms with Gasteiger partial charge in [0.15, 0.2) is 5.82 Å². The van der Waals surface area contributed by atoms with E-state index in [0.29, 0.717) is 18.1 Å². The highest BCUT2D eigenvalue weighted by Crippen LogP contribution is 2.29. The van der Waals surface area contributed by atoms with E-state index in [-0.39, 0.29) is 11.5 Å². The number of rotatable bonds is 3. The van der Waals surface area contributed by atoms with Gasteiger partial charge in [0.25, 0.3) is 0 Å². The van der Waals surface area contributed by atoms with Crippen LogP contribution in [0.4, 0.5) is 0 Å². The Hall–Kier alpha value is -1.68. The van der Waals surface area contributed by atoms with Gasteiger partial charge in [-0.2, -0.15) is 4.98 Å². The minimum atomic E-state index is -0.247. The third kappa shape index (κ3) is 3.45. The molecule has 0 saturated carbocycles. The Morgan fingerprint density at radius 3 is 2.30 bits per heavy atom. The highest BCUT2D eigenvalue weighted by Gasteiger charge is 2.27. The van der Waals surface area contributed by atoms with Crippen molar-refractivity contribution >= 4 is 0 Å². The van der Waals surface area contributed by atoms with Crippen molar-refractivity contribution in [3.63, 3.8) is 0 Å². The molecule has 1 aromatic heterocycles. The predicted molar refractivity (Wildman–Crippen MR) is 79.4 cm³/mol. The molecule has 0 fully saturated rings. The molecule has 2 aromatic rings. The monoisotopic (exact) mass is 273 g/mol. The summed E-state index contributed by atoms with van der Waals surface area (Å²) in [7, 11) is 0. The van der Waals surface area contributed by atoms with Crippen LogP contribution >= 0.6 is 0 Å². The first-order valence-corrected chi connectivity index (χ1v) is 6.91. The highest BCUT2D eigenvalue weighted by atomic mass is 16.5. The average molecular weight is 273 g/mol. The molecule has 2 rings (SSSR count). The third-order valence-corrected chi connectivity index (χ3v) is 3.33. The van der Waals surface area contributed by atoms with E-state index in [0.717, 1.165) is 0 Å². The number of aryl methyl sites for hydroxylation is 2. The molecule has 4 heteroatoms. The van der Waals surface area contributed by atoms with Crippen LogP contribution in [-0.4, -0.2) is 10.1 Å². The van der Waals surface area contributed by atoms with E-state index < -0.39 is 0 Å². The fraction of sp³-hybridized carbons (Fsp3) is 0.500. The molecule has 4 nitrogen and oxygen atoms in total. The molecule has 1 atom stereocenters. The number of aromatic nitrogens is 2. The van der Waals surface area contributed by atoms with Crippen molar-refractivity contribution in [1.82, 2.24) is 10.1 Å². The van der Waals surface area contributed by atoms with Crippen molar-refractivity contribution in [3.05, 3.63) is 46.6 Å². The Kier molecular flexibility index (Phi) is 3.95. The fourth-order valence-electron chi connectivity index (χ4n) is 2.19. The van der Waals surface area contributed by atoms with Gasteiger partial charge in [0.1, 0.15) is 0 Å². The van der Waals surface area contributed by atoms with Crippen LogP contribution in [0.5, 0.6) is 0 Å². The average Bonchev–Trinajstić information content (AvgIpc) is 2.73. The zero-order valence-corrected chi connectivity index (χ0v) is 12.9. The van der Waals surface area contributed by atoms with Crippen LogP contribution in [0, 0.1) is 19.3 Å². The fourth-order valence-corrected chi connectivity index (χ4v) is 2.19. The lowest BCUT2D eigenvalue weighted by Gasteiger charge is -2.23. The summed E-state index contributed by atoms with van der Waals surface area (Å²) in [6, 6.07) is 6.20. The van der Waals surface area contributed by atoms with Gasteiger partial charge in [-0.15, -0.1) is 0 Å². The Morgan fingerprint density at radius 1 is 1.15 bits per heavy atom. The molecule has 2 N–H and O–H groups in total. The van der Waals surface area contributed by atoms with Crippen LogP contribution in [0.15, 0.2) is 22.7 Å². The largest absolute Gasteiger partial charge is 0.338 e. The van der Waals surface area contributed by atoms with Crippen molar-refractivity contribution in [1.29, 1.82) is 0 Å². The summed E-state index contributed by atoms with van der Waals surface area (Å²) >= 11 is 0. The number of hydrogen-bond donors (Lipinski definition) is 1. The first kappa shape index (κ1) is 14.7. The van der Waals surface area contributed by atoms with Crippen LogP contribution in [0.2, 0.25) is 0 Å². The molecular weight excluding hydrogens is 250 g/mol. The van der Waals surface area contributed by atoms with Gasteiger partial charge >= 0.3 is 0 Å². The SMILES string of the molecule is Cc1cc(C)cc(Cc2noc(C(N)C(C)(C)C)n2)c1. The quantitative estimate of drug-likeness (QED) is 0.931. The summed E-state index contributed by atoms with van der Waals surface area (Å²) in [6.45, 7) is 10.4. The molecule has 0 aliphatic rings. The summed E-state index contributed by atoms with van der Waals surface area (Å²) in [5.74, 6) is 1.20. The van der Waals surface area contributed by atoms with E-state index in [4.69, 9.17) is 10.3 Å². The van der Waals surface area contributed by atoms with Crippen LogP contribution < -0.4 is 5.73 Å². The van der Waals surface area contributed by atoms with E-state index in [1.54, 1.807) is 0 Å². The Labute approximate surface area is 120 Å². The molecule has 0 saturated heterocycles. The lowest BCUT2D eigenvalue weighted by molar-refractivity contribution is 0.252. The highest BCUT2D eigenvalue weighted by molar-refractivity contribution is 5.30. The van der Waals surface area contributed by atoms with Gasteiger partial charge in [-0.05, 0) is 24.8 Å². The summed E-state index contributed by atoms with van der Waals surface area (Å²) in [5, 5.41) is 4.04. The second-order valence-electron chi connectivity index (χ2n) is 6.57. The maximum atomic E-state index is 6.13. The van der Waals surface area contributed by atoms with Crippen LogP contribution in [0.1, 0.15) is 55.2 Å². The van der Waals surface area contributed by atoms with E-state index in [2.05, 4.69) is 63.0 Å². The topological polar surface area (TPSA) is 64.9 Å². The molecule has 0 aliphatic heterocycles. The molecule has 0 aliphatic carbocycles. The molecule has 108 valence electrons.